The maximum Gasteiger partial charge on any atom is 0.164 e. The second kappa shape index (κ2) is 11.7. The summed E-state index contributed by atoms with van der Waals surface area (Å²) in [7, 11) is 0. The Labute approximate surface area is 180 Å². The molecule has 0 aliphatic carbocycles. The van der Waals surface area contributed by atoms with Crippen molar-refractivity contribution in [1.29, 1.82) is 0 Å². The number of allylic oxidation sites excluding steroid dienone is 1. The molecule has 1 aromatic carbocycles. The fourth-order valence-corrected chi connectivity index (χ4v) is 2.86. The van der Waals surface area contributed by atoms with E-state index in [-0.39, 0.29) is 11.8 Å². The van der Waals surface area contributed by atoms with Crippen LogP contribution in [0.25, 0.3) is 5.70 Å². The van der Waals surface area contributed by atoms with Crippen molar-refractivity contribution >= 4 is 11.5 Å². The zero-order valence-electron chi connectivity index (χ0n) is 18.5. The van der Waals surface area contributed by atoms with Crippen molar-refractivity contribution in [1.82, 2.24) is 15.3 Å². The number of carbonyl (C=O) groups excluding carboxylic acids is 1. The summed E-state index contributed by atoms with van der Waals surface area (Å²) < 4.78 is 0. The number of aryl methyl sites for hydroxylation is 2. The van der Waals surface area contributed by atoms with Crippen LogP contribution < -0.4 is 5.32 Å². The molecule has 1 atom stereocenters. The van der Waals surface area contributed by atoms with Crippen LogP contribution in [0.4, 0.5) is 0 Å². The lowest BCUT2D eigenvalue weighted by molar-refractivity contribution is 0.0988. The van der Waals surface area contributed by atoms with Crippen LogP contribution in [0, 0.1) is 13.8 Å². The minimum absolute atomic E-state index is 0.150. The van der Waals surface area contributed by atoms with Crippen LogP contribution in [0.5, 0.6) is 0 Å². The Bertz CT molecular complexity index is 946. The van der Waals surface area contributed by atoms with E-state index in [1.54, 1.807) is 6.20 Å². The molecular formula is C26H31N3O. The minimum Gasteiger partial charge on any atom is -0.378 e. The van der Waals surface area contributed by atoms with Crippen LogP contribution in [-0.2, 0) is 0 Å². The number of pyridine rings is 2. The zero-order chi connectivity index (χ0) is 21.9. The van der Waals surface area contributed by atoms with Gasteiger partial charge >= 0.3 is 0 Å². The van der Waals surface area contributed by atoms with Gasteiger partial charge in [-0.1, -0.05) is 43.3 Å². The third kappa shape index (κ3) is 6.96. The second-order valence-electron chi connectivity index (χ2n) is 7.13. The molecule has 1 N–H and O–H groups in total. The van der Waals surface area contributed by atoms with Crippen molar-refractivity contribution in [3.63, 3.8) is 0 Å². The van der Waals surface area contributed by atoms with Crippen molar-refractivity contribution in [2.24, 2.45) is 0 Å². The van der Waals surface area contributed by atoms with E-state index >= 15 is 0 Å². The van der Waals surface area contributed by atoms with Crippen molar-refractivity contribution in [2.45, 2.75) is 47.1 Å². The van der Waals surface area contributed by atoms with Gasteiger partial charge in [-0.05, 0) is 57.5 Å². The molecule has 0 fully saturated rings. The van der Waals surface area contributed by atoms with Gasteiger partial charge in [0.1, 0.15) is 0 Å². The fraction of sp³-hybridized carbons (Fsp3) is 0.269. The largest absolute Gasteiger partial charge is 0.378 e. The first kappa shape index (κ1) is 23.0. The van der Waals surface area contributed by atoms with Crippen LogP contribution in [0.3, 0.4) is 0 Å². The van der Waals surface area contributed by atoms with Crippen LogP contribution in [0.2, 0.25) is 0 Å². The van der Waals surface area contributed by atoms with Gasteiger partial charge in [-0.15, -0.1) is 0 Å². The highest BCUT2D eigenvalue weighted by Gasteiger charge is 2.07. The first-order valence-corrected chi connectivity index (χ1v) is 10.3. The summed E-state index contributed by atoms with van der Waals surface area (Å²) in [5.74, 6) is 0.150. The van der Waals surface area contributed by atoms with E-state index in [4.69, 9.17) is 0 Å². The molecular weight excluding hydrogens is 370 g/mol. The number of ketones is 1. The molecule has 4 nitrogen and oxygen atoms in total. The molecule has 2 aromatic heterocycles. The lowest BCUT2D eigenvalue weighted by atomic mass is 10.1. The molecule has 4 heteroatoms. The molecule has 0 aliphatic heterocycles. The molecule has 0 saturated carbocycles. The van der Waals surface area contributed by atoms with Gasteiger partial charge < -0.3 is 5.32 Å². The van der Waals surface area contributed by atoms with Gasteiger partial charge in [0, 0.05) is 53.1 Å². The summed E-state index contributed by atoms with van der Waals surface area (Å²) in [6.07, 6.45) is 6.17. The zero-order valence-corrected chi connectivity index (χ0v) is 18.5. The number of carbonyl (C=O) groups is 1. The first-order valence-electron chi connectivity index (χ1n) is 10.3. The molecule has 0 radical (unpaired) electrons. The Hall–Kier alpha value is -3.27. The summed E-state index contributed by atoms with van der Waals surface area (Å²) in [6, 6.07) is 18.5. The Morgan fingerprint density at radius 3 is 1.97 bits per heavy atom. The van der Waals surface area contributed by atoms with Gasteiger partial charge in [-0.2, -0.15) is 0 Å². The number of benzene rings is 1. The number of hydrogen-bond acceptors (Lipinski definition) is 4. The molecule has 30 heavy (non-hydrogen) atoms. The lowest BCUT2D eigenvalue weighted by Gasteiger charge is -2.18. The van der Waals surface area contributed by atoms with E-state index in [9.17, 15) is 4.79 Å². The third-order valence-corrected chi connectivity index (χ3v) is 4.74. The summed E-state index contributed by atoms with van der Waals surface area (Å²) in [4.78, 5) is 19.5. The molecule has 156 valence electrons. The van der Waals surface area contributed by atoms with E-state index < -0.39 is 0 Å². The van der Waals surface area contributed by atoms with Gasteiger partial charge in [0.05, 0.1) is 0 Å². The maximum absolute atomic E-state index is 11.1. The molecule has 3 rings (SSSR count). The number of Topliss-reactive ketones (excluding diaryl/α,β-unsaturated/α-hetero) is 1. The lowest BCUT2D eigenvalue weighted by Crippen LogP contribution is -2.17. The average Bonchev–Trinajstić information content (AvgIpc) is 2.79. The summed E-state index contributed by atoms with van der Waals surface area (Å²) >= 11 is 0. The van der Waals surface area contributed by atoms with Gasteiger partial charge in [0.2, 0.25) is 0 Å². The van der Waals surface area contributed by atoms with Crippen molar-refractivity contribution in [2.75, 3.05) is 0 Å². The predicted octanol–water partition coefficient (Wildman–Crippen LogP) is 6.08. The fourth-order valence-electron chi connectivity index (χ4n) is 2.86. The quantitative estimate of drug-likeness (QED) is 0.508. The molecule has 0 unspecified atom stereocenters. The smallest absolute Gasteiger partial charge is 0.164 e. The molecule has 0 saturated heterocycles. The normalized spacial score (nSPS) is 11.8. The number of hydrogen-bond donors (Lipinski definition) is 1. The van der Waals surface area contributed by atoms with E-state index in [0.29, 0.717) is 12.0 Å². The molecule has 3 aromatic rings. The van der Waals surface area contributed by atoms with Crippen molar-refractivity contribution in [3.8, 4) is 0 Å². The summed E-state index contributed by atoms with van der Waals surface area (Å²) in [5, 5.41) is 3.54. The van der Waals surface area contributed by atoms with Crippen LogP contribution in [0.1, 0.15) is 66.1 Å². The monoisotopic (exact) mass is 401 g/mol. The molecule has 0 bridgehead atoms. The average molecular weight is 402 g/mol. The second-order valence-corrected chi connectivity index (χ2v) is 7.13. The summed E-state index contributed by atoms with van der Waals surface area (Å²) in [5.41, 5.74) is 6.20. The molecule has 2 heterocycles. The SMILES string of the molecule is C/C=C(\N[C@@H](C)c1ccccc1)c1ccc(C)nc1.CCC(=O)c1ccc(C)nc1. The Kier molecular flexibility index (Phi) is 8.95. The van der Waals surface area contributed by atoms with Gasteiger partial charge in [0.25, 0.3) is 0 Å². The van der Waals surface area contributed by atoms with Crippen molar-refractivity contribution in [3.05, 3.63) is 101 Å². The first-order chi connectivity index (χ1) is 14.4. The number of nitrogens with one attached hydrogen (secondary N) is 1. The standard InChI is InChI=1S/C17H20N2.C9H11NO/c1-4-17(16-11-10-13(2)18-12-16)19-14(3)15-8-6-5-7-9-15;1-3-9(11)8-5-4-7(2)10-6-8/h4-12,14,19H,1-3H3;4-6H,3H2,1-2H3/b17-4-;/t14-;/m0./s1. The highest BCUT2D eigenvalue weighted by atomic mass is 16.1. The molecule has 0 aliphatic rings. The van der Waals surface area contributed by atoms with Gasteiger partial charge in [0.15, 0.2) is 5.78 Å². The summed E-state index contributed by atoms with van der Waals surface area (Å²) in [6.45, 7) is 9.96. The van der Waals surface area contributed by atoms with Crippen LogP contribution in [0.15, 0.2) is 73.1 Å². The molecule has 0 spiro atoms. The predicted molar refractivity (Wildman–Crippen MR) is 124 cm³/mol. The van der Waals surface area contributed by atoms with Crippen LogP contribution >= 0.6 is 0 Å². The van der Waals surface area contributed by atoms with E-state index in [1.165, 1.54) is 5.56 Å². The highest BCUT2D eigenvalue weighted by molar-refractivity contribution is 5.95. The highest BCUT2D eigenvalue weighted by Crippen LogP contribution is 2.18. The Balaban J connectivity index is 0.000000248. The van der Waals surface area contributed by atoms with Gasteiger partial charge in [-0.25, -0.2) is 0 Å². The van der Waals surface area contributed by atoms with Crippen LogP contribution in [-0.4, -0.2) is 15.8 Å². The number of nitrogens with zero attached hydrogens (tertiary/aromatic N) is 2. The third-order valence-electron chi connectivity index (χ3n) is 4.74. The minimum atomic E-state index is 0.150. The maximum atomic E-state index is 11.1. The van der Waals surface area contributed by atoms with E-state index in [2.05, 4.69) is 58.6 Å². The topological polar surface area (TPSA) is 54.9 Å². The van der Waals surface area contributed by atoms with E-state index in [1.807, 2.05) is 58.2 Å². The van der Waals surface area contributed by atoms with E-state index in [0.717, 1.165) is 22.6 Å². The van der Waals surface area contributed by atoms with Crippen molar-refractivity contribution < 1.29 is 4.79 Å². The molecule has 0 amide bonds. The van der Waals surface area contributed by atoms with Gasteiger partial charge in [-0.3, -0.25) is 14.8 Å². The number of rotatable bonds is 6. The number of aromatic nitrogens is 2. The Morgan fingerprint density at radius 1 is 0.933 bits per heavy atom. The Morgan fingerprint density at radius 2 is 1.50 bits per heavy atom.